The number of amides is 5. The number of rotatable bonds is 24. The van der Waals surface area contributed by atoms with Crippen molar-refractivity contribution in [1.29, 1.82) is 0 Å². The van der Waals surface area contributed by atoms with Crippen molar-refractivity contribution < 1.29 is 33.4 Å². The van der Waals surface area contributed by atoms with Gasteiger partial charge in [-0.05, 0) is 55.2 Å². The first kappa shape index (κ1) is 45.8. The van der Waals surface area contributed by atoms with Gasteiger partial charge in [-0.1, -0.05) is 47.7 Å². The Kier molecular flexibility index (Phi) is 17.0. The van der Waals surface area contributed by atoms with Crippen LogP contribution in [-0.4, -0.2) is 119 Å². The third-order valence-corrected chi connectivity index (χ3v) is 14.8. The average molecular weight is 925 g/mol. The van der Waals surface area contributed by atoms with Crippen LogP contribution >= 0.6 is 46.6 Å². The van der Waals surface area contributed by atoms with E-state index >= 15 is 0 Å². The average Bonchev–Trinajstić information content (AvgIpc) is 4.06. The van der Waals surface area contributed by atoms with Crippen LogP contribution in [0.4, 0.5) is 9.93 Å². The zero-order valence-corrected chi connectivity index (χ0v) is 37.8. The minimum absolute atomic E-state index is 0.0156. The molecule has 0 bridgehead atoms. The molecule has 0 aliphatic carbocycles. The molecule has 5 amide bonds. The van der Waals surface area contributed by atoms with Crippen molar-refractivity contribution in [3.8, 4) is 5.69 Å². The fourth-order valence-electron chi connectivity index (χ4n) is 7.17. The first-order valence-corrected chi connectivity index (χ1v) is 24.7. The van der Waals surface area contributed by atoms with Gasteiger partial charge in [-0.2, -0.15) is 11.8 Å². The molecule has 0 unspecified atom stereocenters. The predicted molar refractivity (Wildman–Crippen MR) is 244 cm³/mol. The summed E-state index contributed by atoms with van der Waals surface area (Å²) in [6, 6.07) is 13.7. The lowest BCUT2D eigenvalue weighted by Crippen LogP contribution is -2.36. The van der Waals surface area contributed by atoms with Gasteiger partial charge in [0.1, 0.15) is 0 Å². The lowest BCUT2D eigenvalue weighted by molar-refractivity contribution is -0.123. The molecule has 0 spiro atoms. The second-order valence-corrected chi connectivity index (χ2v) is 19.3. The lowest BCUT2D eigenvalue weighted by atomic mass is 10.0. The van der Waals surface area contributed by atoms with Gasteiger partial charge in [0.15, 0.2) is 10.3 Å². The summed E-state index contributed by atoms with van der Waals surface area (Å²) in [4.78, 5) is 72.7. The number of aryl methyl sites for hydroxylation is 2. The molecule has 20 heteroatoms. The molecule has 332 valence electrons. The Bertz CT molecular complexity index is 2260. The van der Waals surface area contributed by atoms with Gasteiger partial charge in [0.2, 0.25) is 17.7 Å². The molecule has 2 saturated heterocycles. The fraction of sp³-hybridized carbons (Fsp3) is 0.500. The standard InChI is InChI=1S/C42H52N8O8S4/c1-26-6-11-29-33(22-26)62-41(46-29)48-36(53)25-61-42-47-30-13-21-59-38(30)39(54)50(42)28-9-7-27(8-10-28)23-44-35(52)12-15-56-17-19-58-20-18-57-16-14-43-34(51)5-3-2-4-32-37-31(24-60-32)45-40(55)49-37/h6-11,22,31-32,37H,2-5,12-21,23-25H2,1H3,(H,43,51)(H,44,52)(H2,45,49,55)(H,46,48,53)/t31-,32-,37-/m0/s1. The van der Waals surface area contributed by atoms with Crippen molar-refractivity contribution in [2.24, 2.45) is 0 Å². The van der Waals surface area contributed by atoms with E-state index in [1.54, 1.807) is 4.57 Å². The highest BCUT2D eigenvalue weighted by molar-refractivity contribution is 8.00. The predicted octanol–water partition coefficient (Wildman–Crippen LogP) is 4.43. The molecule has 3 aliphatic rings. The number of nitrogens with zero attached hydrogens (tertiary/aromatic N) is 3. The summed E-state index contributed by atoms with van der Waals surface area (Å²) < 4.78 is 19.2. The van der Waals surface area contributed by atoms with E-state index in [0.29, 0.717) is 85.1 Å². The summed E-state index contributed by atoms with van der Waals surface area (Å²) >= 11 is 6.02. The van der Waals surface area contributed by atoms with Gasteiger partial charge in [-0.25, -0.2) is 14.8 Å². The van der Waals surface area contributed by atoms with E-state index in [1.807, 2.05) is 61.2 Å². The Morgan fingerprint density at radius 2 is 1.66 bits per heavy atom. The number of ether oxygens (including phenoxy) is 3. The number of aromatic nitrogens is 3. The second kappa shape index (κ2) is 23.0. The van der Waals surface area contributed by atoms with Crippen molar-refractivity contribution in [3.05, 3.63) is 69.6 Å². The molecule has 5 heterocycles. The number of thioether (sulfide) groups is 3. The zero-order chi connectivity index (χ0) is 43.3. The van der Waals surface area contributed by atoms with Crippen LogP contribution < -0.4 is 32.1 Å². The molecule has 4 aromatic rings. The van der Waals surface area contributed by atoms with Crippen LogP contribution in [0.2, 0.25) is 0 Å². The number of fused-ring (bicyclic) bond motifs is 3. The van der Waals surface area contributed by atoms with Gasteiger partial charge in [0, 0.05) is 49.1 Å². The number of hydrogen-bond acceptors (Lipinski definition) is 14. The quantitative estimate of drug-likeness (QED) is 0.0286. The third-order valence-electron chi connectivity index (χ3n) is 10.3. The van der Waals surface area contributed by atoms with E-state index in [1.165, 1.54) is 34.9 Å². The number of hydrogen-bond donors (Lipinski definition) is 5. The van der Waals surface area contributed by atoms with Gasteiger partial charge in [-0.3, -0.25) is 23.7 Å². The second-order valence-electron chi connectivity index (χ2n) is 15.0. The van der Waals surface area contributed by atoms with Crippen LogP contribution in [0.3, 0.4) is 0 Å². The van der Waals surface area contributed by atoms with Crippen LogP contribution in [0.1, 0.15) is 48.9 Å². The number of nitrogens with one attached hydrogen (secondary N) is 5. The maximum absolute atomic E-state index is 13.7. The van der Waals surface area contributed by atoms with Crippen LogP contribution in [0.15, 0.2) is 57.3 Å². The number of carbonyl (C=O) groups excluding carboxylic acids is 4. The number of thiazole rings is 1. The van der Waals surface area contributed by atoms with Gasteiger partial charge < -0.3 is 40.8 Å². The summed E-state index contributed by atoms with van der Waals surface area (Å²) in [5, 5.41) is 16.0. The summed E-state index contributed by atoms with van der Waals surface area (Å²) in [5.41, 5.74) is 4.04. The van der Waals surface area contributed by atoms with Crippen molar-refractivity contribution >= 4 is 85.7 Å². The first-order chi connectivity index (χ1) is 30.2. The minimum atomic E-state index is -0.236. The zero-order valence-electron chi connectivity index (χ0n) is 34.5. The smallest absolute Gasteiger partial charge is 0.315 e. The Morgan fingerprint density at radius 1 is 0.887 bits per heavy atom. The largest absolute Gasteiger partial charge is 0.379 e. The Morgan fingerprint density at radius 3 is 2.48 bits per heavy atom. The highest BCUT2D eigenvalue weighted by Crippen LogP contribution is 2.34. The summed E-state index contributed by atoms with van der Waals surface area (Å²) in [5.74, 6) is 1.41. The molecule has 0 saturated carbocycles. The topological polar surface area (TPSA) is 204 Å². The molecule has 3 aliphatic heterocycles. The Balaban J connectivity index is 0.724. The monoisotopic (exact) mass is 924 g/mol. The number of urea groups is 1. The molecular weight excluding hydrogens is 873 g/mol. The number of unbranched alkanes of at least 4 members (excludes halogenated alkanes) is 1. The van der Waals surface area contributed by atoms with E-state index in [0.717, 1.165) is 57.8 Å². The van der Waals surface area contributed by atoms with Crippen molar-refractivity contribution in [2.75, 3.05) is 68.8 Å². The molecule has 0 radical (unpaired) electrons. The molecule has 2 aromatic heterocycles. The van der Waals surface area contributed by atoms with Crippen LogP contribution in [-0.2, 0) is 41.6 Å². The molecule has 16 nitrogen and oxygen atoms in total. The normalized spacial score (nSPS) is 17.7. The Hall–Kier alpha value is -4.18. The van der Waals surface area contributed by atoms with Crippen LogP contribution in [0.5, 0.6) is 0 Å². The lowest BCUT2D eigenvalue weighted by Gasteiger charge is -2.16. The van der Waals surface area contributed by atoms with E-state index in [9.17, 15) is 24.0 Å². The van der Waals surface area contributed by atoms with Crippen molar-refractivity contribution in [1.82, 2.24) is 35.8 Å². The minimum Gasteiger partial charge on any atom is -0.379 e. The van der Waals surface area contributed by atoms with Gasteiger partial charge in [0.25, 0.3) is 5.56 Å². The van der Waals surface area contributed by atoms with Gasteiger partial charge in [-0.15, -0.1) is 11.8 Å². The maximum Gasteiger partial charge on any atom is 0.315 e. The number of benzene rings is 2. The molecule has 2 fully saturated rings. The van der Waals surface area contributed by atoms with Crippen LogP contribution in [0, 0.1) is 6.92 Å². The van der Waals surface area contributed by atoms with Crippen molar-refractivity contribution in [3.63, 3.8) is 0 Å². The number of anilines is 1. The van der Waals surface area contributed by atoms with Crippen molar-refractivity contribution in [2.45, 2.75) is 79.4 Å². The fourth-order valence-corrected chi connectivity index (χ4v) is 11.5. The molecule has 5 N–H and O–H groups in total. The summed E-state index contributed by atoms with van der Waals surface area (Å²) in [6.45, 7) is 4.94. The first-order valence-electron chi connectivity index (χ1n) is 20.8. The van der Waals surface area contributed by atoms with Gasteiger partial charge in [0.05, 0.1) is 84.0 Å². The molecule has 2 aromatic carbocycles. The van der Waals surface area contributed by atoms with E-state index in [4.69, 9.17) is 19.2 Å². The molecule has 62 heavy (non-hydrogen) atoms. The summed E-state index contributed by atoms with van der Waals surface area (Å²) in [7, 11) is 0. The van der Waals surface area contributed by atoms with Gasteiger partial charge >= 0.3 is 6.03 Å². The molecule has 7 rings (SSSR count). The van der Waals surface area contributed by atoms with Crippen LogP contribution in [0.25, 0.3) is 15.9 Å². The Labute approximate surface area is 376 Å². The summed E-state index contributed by atoms with van der Waals surface area (Å²) in [6.07, 6.45) is 4.14. The number of carbonyl (C=O) groups is 4. The highest BCUT2D eigenvalue weighted by Gasteiger charge is 2.42. The van der Waals surface area contributed by atoms with E-state index in [-0.39, 0.29) is 60.2 Å². The van der Waals surface area contributed by atoms with E-state index in [2.05, 4.69) is 31.6 Å². The maximum atomic E-state index is 13.7. The molecular formula is C42H52N8O8S4. The SMILES string of the molecule is Cc1ccc2nc(NC(=O)CSc3nc4c(c(=O)n3-c3ccc(CNC(=O)CCOCCOCCOCCNC(=O)CCCC[C@@H]5SC[C@@H]6NC(=O)N[C@@H]65)cc3)SCC4)sc2c1. The molecule has 3 atom stereocenters. The highest BCUT2D eigenvalue weighted by atomic mass is 32.2. The third kappa shape index (κ3) is 12.9. The van der Waals surface area contributed by atoms with E-state index < -0.39 is 0 Å².